The van der Waals surface area contributed by atoms with Gasteiger partial charge in [-0.25, -0.2) is 0 Å². The van der Waals surface area contributed by atoms with Crippen molar-refractivity contribution in [3.8, 4) is 5.75 Å². The molecule has 0 bridgehead atoms. The second-order valence-corrected chi connectivity index (χ2v) is 3.89. The van der Waals surface area contributed by atoms with Crippen LogP contribution in [0.1, 0.15) is 18.6 Å². The van der Waals surface area contributed by atoms with Crippen LogP contribution in [0.4, 0.5) is 13.2 Å². The third kappa shape index (κ3) is 5.60. The minimum Gasteiger partial charge on any atom is -0.483 e. The molecule has 0 spiro atoms. The highest BCUT2D eigenvalue weighted by atomic mass is 19.4. The molecule has 4 nitrogen and oxygen atoms in total. The van der Waals surface area contributed by atoms with Gasteiger partial charge in [-0.2, -0.15) is 13.2 Å². The number of para-hydroxylation sites is 1. The third-order valence-corrected chi connectivity index (χ3v) is 2.21. The maximum atomic E-state index is 11.9. The van der Waals surface area contributed by atoms with E-state index in [2.05, 4.69) is 0 Å². The van der Waals surface area contributed by atoms with E-state index in [-0.39, 0.29) is 5.75 Å². The SMILES string of the molecule is C[C@H](O)c1ccccc1OCC(=O)NCC(F)(F)F. The van der Waals surface area contributed by atoms with Gasteiger partial charge >= 0.3 is 6.18 Å². The quantitative estimate of drug-likeness (QED) is 0.862. The number of carbonyl (C=O) groups excluding carboxylic acids is 1. The summed E-state index contributed by atoms with van der Waals surface area (Å²) in [7, 11) is 0. The Morgan fingerprint density at radius 1 is 1.42 bits per heavy atom. The minimum atomic E-state index is -4.45. The Hall–Kier alpha value is -1.76. The van der Waals surface area contributed by atoms with Crippen molar-refractivity contribution in [2.45, 2.75) is 19.2 Å². The molecule has 0 fully saturated rings. The van der Waals surface area contributed by atoms with Crippen LogP contribution >= 0.6 is 0 Å². The van der Waals surface area contributed by atoms with E-state index in [0.717, 1.165) is 0 Å². The van der Waals surface area contributed by atoms with E-state index < -0.39 is 31.3 Å². The number of rotatable bonds is 5. The van der Waals surface area contributed by atoms with Gasteiger partial charge in [-0.15, -0.1) is 0 Å². The molecular formula is C12H14F3NO3. The van der Waals surface area contributed by atoms with Gasteiger partial charge in [0, 0.05) is 5.56 Å². The van der Waals surface area contributed by atoms with E-state index in [9.17, 15) is 23.1 Å². The monoisotopic (exact) mass is 277 g/mol. The lowest BCUT2D eigenvalue weighted by Crippen LogP contribution is -2.36. The van der Waals surface area contributed by atoms with Gasteiger partial charge in [0.15, 0.2) is 6.61 Å². The largest absolute Gasteiger partial charge is 0.483 e. The molecule has 0 radical (unpaired) electrons. The molecule has 0 aliphatic heterocycles. The molecule has 7 heteroatoms. The first-order chi connectivity index (χ1) is 8.79. The van der Waals surface area contributed by atoms with Crippen LogP contribution in [0.25, 0.3) is 0 Å². The number of halogens is 3. The number of amides is 1. The molecule has 1 aromatic rings. The average Bonchev–Trinajstić information content (AvgIpc) is 2.33. The van der Waals surface area contributed by atoms with Crippen molar-refractivity contribution in [3.63, 3.8) is 0 Å². The minimum absolute atomic E-state index is 0.264. The summed E-state index contributed by atoms with van der Waals surface area (Å²) < 4.78 is 40.7. The van der Waals surface area contributed by atoms with Crippen LogP contribution in [-0.4, -0.2) is 30.3 Å². The summed E-state index contributed by atoms with van der Waals surface area (Å²) >= 11 is 0. The lowest BCUT2D eigenvalue weighted by Gasteiger charge is -2.13. The highest BCUT2D eigenvalue weighted by Gasteiger charge is 2.27. The van der Waals surface area contributed by atoms with Crippen molar-refractivity contribution in [2.75, 3.05) is 13.2 Å². The number of ether oxygens (including phenoxy) is 1. The van der Waals surface area contributed by atoms with Gasteiger partial charge in [0.05, 0.1) is 6.10 Å². The van der Waals surface area contributed by atoms with Gasteiger partial charge in [-0.3, -0.25) is 4.79 Å². The maximum absolute atomic E-state index is 11.9. The molecule has 0 unspecified atom stereocenters. The molecule has 1 rings (SSSR count). The number of hydrogen-bond donors (Lipinski definition) is 2. The summed E-state index contributed by atoms with van der Waals surface area (Å²) in [5, 5.41) is 11.1. The predicted octanol–water partition coefficient (Wildman–Crippen LogP) is 1.80. The van der Waals surface area contributed by atoms with Crippen LogP contribution in [-0.2, 0) is 4.79 Å². The summed E-state index contributed by atoms with van der Waals surface area (Å²) in [5.41, 5.74) is 0.464. The molecule has 0 saturated carbocycles. The zero-order valence-corrected chi connectivity index (χ0v) is 10.2. The maximum Gasteiger partial charge on any atom is 0.405 e. The summed E-state index contributed by atoms with van der Waals surface area (Å²) in [6, 6.07) is 6.44. The van der Waals surface area contributed by atoms with E-state index in [1.54, 1.807) is 23.5 Å². The van der Waals surface area contributed by atoms with Crippen LogP contribution in [0, 0.1) is 0 Å². The van der Waals surface area contributed by atoms with Crippen molar-refractivity contribution < 1.29 is 27.8 Å². The van der Waals surface area contributed by atoms with Crippen molar-refractivity contribution in [1.29, 1.82) is 0 Å². The molecule has 1 atom stereocenters. The first-order valence-corrected chi connectivity index (χ1v) is 5.53. The number of hydrogen-bond acceptors (Lipinski definition) is 3. The molecule has 0 heterocycles. The highest BCUT2D eigenvalue weighted by Crippen LogP contribution is 2.24. The highest BCUT2D eigenvalue weighted by molar-refractivity contribution is 5.77. The zero-order valence-electron chi connectivity index (χ0n) is 10.2. The molecular weight excluding hydrogens is 263 g/mol. The molecule has 0 aliphatic rings. The Kier molecular flexibility index (Phi) is 5.17. The normalized spacial score (nSPS) is 12.9. The molecule has 0 saturated heterocycles. The Morgan fingerprint density at radius 3 is 2.63 bits per heavy atom. The number of benzene rings is 1. The number of alkyl halides is 3. The zero-order chi connectivity index (χ0) is 14.5. The molecule has 19 heavy (non-hydrogen) atoms. The smallest absolute Gasteiger partial charge is 0.405 e. The van der Waals surface area contributed by atoms with Crippen molar-refractivity contribution in [1.82, 2.24) is 5.32 Å². The van der Waals surface area contributed by atoms with Crippen molar-refractivity contribution in [3.05, 3.63) is 29.8 Å². The summed E-state index contributed by atoms with van der Waals surface area (Å²) in [5.74, 6) is -0.614. The van der Waals surface area contributed by atoms with E-state index in [4.69, 9.17) is 4.74 Å². The van der Waals surface area contributed by atoms with Gasteiger partial charge in [-0.05, 0) is 13.0 Å². The number of aliphatic hydroxyl groups is 1. The second kappa shape index (κ2) is 6.42. The van der Waals surface area contributed by atoms with Crippen LogP contribution in [0.5, 0.6) is 5.75 Å². The summed E-state index contributed by atoms with van der Waals surface area (Å²) in [6.07, 6.45) is -5.25. The molecule has 1 amide bonds. The summed E-state index contributed by atoms with van der Waals surface area (Å²) in [6.45, 7) is -0.418. The lowest BCUT2D eigenvalue weighted by molar-refractivity contribution is -0.139. The number of carbonyl (C=O) groups is 1. The standard InChI is InChI=1S/C12H14F3NO3/c1-8(17)9-4-2-3-5-10(9)19-6-11(18)16-7-12(13,14)15/h2-5,8,17H,6-7H2,1H3,(H,16,18)/t8-/m0/s1. The molecule has 0 aromatic heterocycles. The van der Waals surface area contributed by atoms with Crippen molar-refractivity contribution in [2.24, 2.45) is 0 Å². The van der Waals surface area contributed by atoms with E-state index in [1.165, 1.54) is 13.0 Å². The number of aliphatic hydroxyl groups excluding tert-OH is 1. The van der Waals surface area contributed by atoms with Crippen LogP contribution in [0.3, 0.4) is 0 Å². The molecule has 106 valence electrons. The predicted molar refractivity (Wildman–Crippen MR) is 61.6 cm³/mol. The Morgan fingerprint density at radius 2 is 2.05 bits per heavy atom. The van der Waals surface area contributed by atoms with Gasteiger partial charge in [0.2, 0.25) is 0 Å². The van der Waals surface area contributed by atoms with Gasteiger partial charge < -0.3 is 15.2 Å². The molecule has 2 N–H and O–H groups in total. The fourth-order valence-electron chi connectivity index (χ4n) is 1.35. The van der Waals surface area contributed by atoms with E-state index >= 15 is 0 Å². The Bertz CT molecular complexity index is 432. The first kappa shape index (κ1) is 15.3. The summed E-state index contributed by atoms with van der Waals surface area (Å²) in [4.78, 5) is 11.1. The lowest BCUT2D eigenvalue weighted by atomic mass is 10.1. The van der Waals surface area contributed by atoms with Crippen molar-refractivity contribution >= 4 is 5.91 Å². The average molecular weight is 277 g/mol. The fraction of sp³-hybridized carbons (Fsp3) is 0.417. The van der Waals surface area contributed by atoms with Gasteiger partial charge in [0.25, 0.3) is 5.91 Å². The van der Waals surface area contributed by atoms with Crippen LogP contribution in [0.2, 0.25) is 0 Å². The first-order valence-electron chi connectivity index (χ1n) is 5.53. The van der Waals surface area contributed by atoms with Crippen LogP contribution < -0.4 is 10.1 Å². The fourth-order valence-corrected chi connectivity index (χ4v) is 1.35. The second-order valence-electron chi connectivity index (χ2n) is 3.89. The molecule has 1 aromatic carbocycles. The Labute approximate surface area is 108 Å². The van der Waals surface area contributed by atoms with Gasteiger partial charge in [-0.1, -0.05) is 18.2 Å². The van der Waals surface area contributed by atoms with Gasteiger partial charge in [0.1, 0.15) is 12.3 Å². The number of nitrogens with one attached hydrogen (secondary N) is 1. The third-order valence-electron chi connectivity index (χ3n) is 2.21. The van der Waals surface area contributed by atoms with E-state index in [0.29, 0.717) is 5.56 Å². The topological polar surface area (TPSA) is 58.6 Å². The Balaban J connectivity index is 2.51. The van der Waals surface area contributed by atoms with E-state index in [1.807, 2.05) is 0 Å². The molecule has 0 aliphatic carbocycles. The van der Waals surface area contributed by atoms with Crippen LogP contribution in [0.15, 0.2) is 24.3 Å².